The third kappa shape index (κ3) is 3.88. The maximum Gasteiger partial charge on any atom is 0.288 e. The van der Waals surface area contributed by atoms with E-state index >= 15 is 0 Å². The van der Waals surface area contributed by atoms with E-state index in [1.54, 1.807) is 24.3 Å². The van der Waals surface area contributed by atoms with Gasteiger partial charge in [-0.3, -0.25) is 0 Å². The van der Waals surface area contributed by atoms with Crippen molar-refractivity contribution < 1.29 is 17.6 Å². The quantitative estimate of drug-likeness (QED) is 0.568. The molecule has 6 nitrogen and oxygen atoms in total. The SMILES string of the molecule is CN1CC[C@H](Nc2cccc3c2cc(-c2nnc(CN)s2)n3C(F)C(F)F)[C@H](F)C1. The number of hydrogen-bond donors (Lipinski definition) is 2. The zero-order chi connectivity index (χ0) is 21.4. The molecule has 0 saturated carbocycles. The average Bonchev–Trinajstić information content (AvgIpc) is 3.34. The third-order valence-corrected chi connectivity index (χ3v) is 6.25. The molecule has 1 aromatic carbocycles. The van der Waals surface area contributed by atoms with Gasteiger partial charge in [-0.2, -0.15) is 0 Å². The van der Waals surface area contributed by atoms with Gasteiger partial charge >= 0.3 is 0 Å². The number of aromatic nitrogens is 3. The molecule has 1 unspecified atom stereocenters. The van der Waals surface area contributed by atoms with Gasteiger partial charge in [0, 0.05) is 30.7 Å². The lowest BCUT2D eigenvalue weighted by atomic mass is 10.0. The van der Waals surface area contributed by atoms with Gasteiger partial charge in [0.15, 0.2) is 5.01 Å². The van der Waals surface area contributed by atoms with Crippen molar-refractivity contribution in [2.24, 2.45) is 5.73 Å². The molecule has 4 rings (SSSR count). The highest BCUT2D eigenvalue weighted by atomic mass is 32.1. The maximum atomic E-state index is 14.6. The molecule has 3 atom stereocenters. The molecule has 0 spiro atoms. The number of benzene rings is 1. The number of alkyl halides is 4. The lowest BCUT2D eigenvalue weighted by Gasteiger charge is -2.33. The molecule has 0 aliphatic carbocycles. The minimum absolute atomic E-state index is 0.145. The normalized spacial score (nSPS) is 21.4. The van der Waals surface area contributed by atoms with Gasteiger partial charge < -0.3 is 20.5 Å². The molecule has 0 bridgehead atoms. The Balaban J connectivity index is 1.79. The van der Waals surface area contributed by atoms with E-state index < -0.39 is 24.9 Å². The number of fused-ring (bicyclic) bond motifs is 1. The summed E-state index contributed by atoms with van der Waals surface area (Å²) in [4.78, 5) is 1.92. The van der Waals surface area contributed by atoms with Crippen LogP contribution < -0.4 is 11.1 Å². The summed E-state index contributed by atoms with van der Waals surface area (Å²) in [6.45, 7) is 1.20. The summed E-state index contributed by atoms with van der Waals surface area (Å²) in [5, 5.41) is 12.4. The first kappa shape index (κ1) is 21.0. The molecule has 3 heterocycles. The summed E-state index contributed by atoms with van der Waals surface area (Å²) in [6, 6.07) is 6.11. The number of nitrogens with zero attached hydrogens (tertiary/aromatic N) is 4. The monoisotopic (exact) mass is 442 g/mol. The third-order valence-electron chi connectivity index (χ3n) is 5.28. The van der Waals surface area contributed by atoms with Gasteiger partial charge in [0.1, 0.15) is 11.2 Å². The molecule has 1 aliphatic heterocycles. The van der Waals surface area contributed by atoms with E-state index in [0.29, 0.717) is 34.1 Å². The van der Waals surface area contributed by atoms with Crippen molar-refractivity contribution in [3.8, 4) is 10.7 Å². The summed E-state index contributed by atoms with van der Waals surface area (Å²) in [5.41, 5.74) is 6.59. The molecule has 1 fully saturated rings. The van der Waals surface area contributed by atoms with Crippen molar-refractivity contribution >= 4 is 27.9 Å². The molecular weight excluding hydrogens is 420 g/mol. The Morgan fingerprint density at radius 3 is 2.77 bits per heavy atom. The Bertz CT molecular complexity index is 1020. The van der Waals surface area contributed by atoms with Crippen LogP contribution in [0, 0.1) is 0 Å². The van der Waals surface area contributed by atoms with Crippen LogP contribution in [0.4, 0.5) is 23.2 Å². The van der Waals surface area contributed by atoms with Gasteiger partial charge in [0.2, 0.25) is 6.30 Å². The van der Waals surface area contributed by atoms with E-state index in [4.69, 9.17) is 5.73 Å². The number of likely N-dealkylation sites (tertiary alicyclic amines) is 1. The molecule has 0 radical (unpaired) electrons. The van der Waals surface area contributed by atoms with E-state index in [1.165, 1.54) is 0 Å². The Kier molecular flexibility index (Phi) is 5.94. The van der Waals surface area contributed by atoms with Crippen LogP contribution in [0.1, 0.15) is 17.7 Å². The molecule has 162 valence electrons. The highest BCUT2D eigenvalue weighted by Gasteiger charge is 2.30. The zero-order valence-electron chi connectivity index (χ0n) is 16.2. The molecule has 11 heteroatoms. The second-order valence-electron chi connectivity index (χ2n) is 7.37. The molecule has 3 aromatic rings. The second kappa shape index (κ2) is 8.48. The number of anilines is 1. The standard InChI is InChI=1S/C19H22F4N6S/c1-28-6-5-13(11(20)9-28)25-12-3-2-4-14-10(12)7-15(29(14)18(23)17(21)22)19-27-26-16(8-24)30-19/h2-4,7,11,13,17-18,25H,5-6,8-9,24H2,1H3/t11-,13+,18?/m1/s1. The van der Waals surface area contributed by atoms with Crippen molar-refractivity contribution in [3.63, 3.8) is 0 Å². The average molecular weight is 442 g/mol. The van der Waals surface area contributed by atoms with E-state index in [9.17, 15) is 17.6 Å². The fourth-order valence-electron chi connectivity index (χ4n) is 3.78. The summed E-state index contributed by atoms with van der Waals surface area (Å²) in [5.74, 6) is 0. The first-order valence-corrected chi connectivity index (χ1v) is 10.4. The van der Waals surface area contributed by atoms with Crippen LogP contribution in [0.2, 0.25) is 0 Å². The smallest absolute Gasteiger partial charge is 0.288 e. The second-order valence-corrected chi connectivity index (χ2v) is 8.43. The van der Waals surface area contributed by atoms with Crippen LogP contribution in [0.3, 0.4) is 0 Å². The molecule has 3 N–H and O–H groups in total. The van der Waals surface area contributed by atoms with Crippen LogP contribution in [-0.4, -0.2) is 58.4 Å². The van der Waals surface area contributed by atoms with Gasteiger partial charge in [-0.25, -0.2) is 17.6 Å². The molecule has 2 aromatic heterocycles. The number of nitrogens with one attached hydrogen (secondary N) is 1. The number of hydrogen-bond acceptors (Lipinski definition) is 6. The molecule has 0 amide bonds. The van der Waals surface area contributed by atoms with Gasteiger partial charge in [-0.15, -0.1) is 10.2 Å². The van der Waals surface area contributed by atoms with E-state index in [1.807, 2.05) is 11.9 Å². The molecule has 30 heavy (non-hydrogen) atoms. The Morgan fingerprint density at radius 2 is 2.10 bits per heavy atom. The van der Waals surface area contributed by atoms with Crippen molar-refractivity contribution in [2.75, 3.05) is 25.5 Å². The Labute approximate surface area is 174 Å². The largest absolute Gasteiger partial charge is 0.379 e. The van der Waals surface area contributed by atoms with Gasteiger partial charge in [-0.05, 0) is 31.7 Å². The summed E-state index contributed by atoms with van der Waals surface area (Å²) in [7, 11) is 1.86. The van der Waals surface area contributed by atoms with E-state index in [2.05, 4.69) is 15.5 Å². The molecule has 1 saturated heterocycles. The fourth-order valence-corrected chi connectivity index (χ4v) is 4.51. The number of nitrogens with two attached hydrogens (primary N) is 1. The number of halogens is 4. The lowest BCUT2D eigenvalue weighted by molar-refractivity contribution is 0.0115. The van der Waals surface area contributed by atoms with Gasteiger partial charge in [-0.1, -0.05) is 17.4 Å². The summed E-state index contributed by atoms with van der Waals surface area (Å²) >= 11 is 1.12. The van der Waals surface area contributed by atoms with Crippen molar-refractivity contribution in [3.05, 3.63) is 29.3 Å². The fraction of sp³-hybridized carbons (Fsp3) is 0.474. The predicted octanol–water partition coefficient (Wildman–Crippen LogP) is 3.81. The Morgan fingerprint density at radius 1 is 1.30 bits per heavy atom. The number of piperidine rings is 1. The van der Waals surface area contributed by atoms with Crippen LogP contribution in [0.25, 0.3) is 21.6 Å². The number of rotatable bonds is 6. The predicted molar refractivity (Wildman–Crippen MR) is 109 cm³/mol. The van der Waals surface area contributed by atoms with Crippen LogP contribution in [-0.2, 0) is 6.54 Å². The first-order valence-electron chi connectivity index (χ1n) is 9.57. The van der Waals surface area contributed by atoms with Crippen LogP contribution >= 0.6 is 11.3 Å². The van der Waals surface area contributed by atoms with Crippen LogP contribution in [0.5, 0.6) is 0 Å². The minimum Gasteiger partial charge on any atom is -0.379 e. The Hall–Kier alpha value is -2.24. The molecular formula is C19H22F4N6S. The van der Waals surface area contributed by atoms with Crippen molar-refractivity contribution in [2.45, 2.75) is 37.9 Å². The topological polar surface area (TPSA) is 72.0 Å². The van der Waals surface area contributed by atoms with Crippen molar-refractivity contribution in [1.82, 2.24) is 19.7 Å². The highest BCUT2D eigenvalue weighted by Crippen LogP contribution is 2.38. The summed E-state index contributed by atoms with van der Waals surface area (Å²) < 4.78 is 56.7. The van der Waals surface area contributed by atoms with E-state index in [0.717, 1.165) is 22.4 Å². The highest BCUT2D eigenvalue weighted by molar-refractivity contribution is 7.14. The lowest BCUT2D eigenvalue weighted by Crippen LogP contribution is -2.46. The molecule has 1 aliphatic rings. The van der Waals surface area contributed by atoms with Crippen LogP contribution in [0.15, 0.2) is 24.3 Å². The maximum absolute atomic E-state index is 14.6. The van der Waals surface area contributed by atoms with E-state index in [-0.39, 0.29) is 17.8 Å². The zero-order valence-corrected chi connectivity index (χ0v) is 17.1. The van der Waals surface area contributed by atoms with Gasteiger partial charge in [0.05, 0.1) is 17.3 Å². The summed E-state index contributed by atoms with van der Waals surface area (Å²) in [6.07, 6.45) is -6.26. The van der Waals surface area contributed by atoms with Gasteiger partial charge in [0.25, 0.3) is 6.43 Å². The first-order chi connectivity index (χ1) is 14.4. The minimum atomic E-state index is -3.22. The van der Waals surface area contributed by atoms with Crippen molar-refractivity contribution in [1.29, 1.82) is 0 Å².